The van der Waals surface area contributed by atoms with Gasteiger partial charge in [0.25, 0.3) is 0 Å². The summed E-state index contributed by atoms with van der Waals surface area (Å²) in [5, 5.41) is 9.00. The molecule has 5 aromatic rings. The molecule has 0 bridgehead atoms. The molecule has 0 spiro atoms. The zero-order valence-electron chi connectivity index (χ0n) is 16.2. The van der Waals surface area contributed by atoms with Crippen molar-refractivity contribution >= 4 is 33.4 Å². The van der Waals surface area contributed by atoms with Gasteiger partial charge in [0.05, 0.1) is 11.0 Å². The third kappa shape index (κ3) is 3.50. The van der Waals surface area contributed by atoms with Crippen LogP contribution in [0.3, 0.4) is 0 Å². The summed E-state index contributed by atoms with van der Waals surface area (Å²) in [6.45, 7) is -0.101. The van der Waals surface area contributed by atoms with Gasteiger partial charge in [-0.1, -0.05) is 48.5 Å². The molecule has 0 unspecified atom stereocenters. The van der Waals surface area contributed by atoms with Gasteiger partial charge in [0, 0.05) is 34.3 Å². The maximum atomic E-state index is 13.5. The minimum Gasteiger partial charge on any atom is -0.324 e. The summed E-state index contributed by atoms with van der Waals surface area (Å²) >= 11 is 0. The molecule has 0 saturated heterocycles. The second-order valence-corrected chi connectivity index (χ2v) is 7.09. The number of amides is 1. The lowest BCUT2D eigenvalue weighted by Crippen LogP contribution is -2.19. The number of pyridine rings is 1. The maximum absolute atomic E-state index is 13.5. The summed E-state index contributed by atoms with van der Waals surface area (Å²) in [6.07, 6.45) is 1.76. The predicted molar refractivity (Wildman–Crippen MR) is 115 cm³/mol. The van der Waals surface area contributed by atoms with Crippen LogP contribution in [-0.2, 0) is 11.3 Å². The molecule has 2 aromatic heterocycles. The largest absolute Gasteiger partial charge is 0.324 e. The fourth-order valence-electron chi connectivity index (χ4n) is 3.64. The van der Waals surface area contributed by atoms with Crippen LogP contribution < -0.4 is 5.32 Å². The molecule has 2 heterocycles. The summed E-state index contributed by atoms with van der Waals surface area (Å²) < 4.78 is 28.3. The molecule has 152 valence electrons. The quantitative estimate of drug-likeness (QED) is 0.441. The van der Waals surface area contributed by atoms with Crippen molar-refractivity contribution in [1.29, 1.82) is 0 Å². The number of carbonyl (C=O) groups is 1. The number of aromatic nitrogens is 3. The minimum atomic E-state index is -1.02. The van der Waals surface area contributed by atoms with E-state index in [0.29, 0.717) is 0 Å². The Hall–Kier alpha value is -4.13. The highest BCUT2D eigenvalue weighted by Gasteiger charge is 2.17. The molecule has 0 atom stereocenters. The summed E-state index contributed by atoms with van der Waals surface area (Å²) in [7, 11) is 0. The first-order valence-electron chi connectivity index (χ1n) is 9.65. The van der Waals surface area contributed by atoms with Gasteiger partial charge < -0.3 is 5.32 Å². The summed E-state index contributed by atoms with van der Waals surface area (Å²) in [5.74, 6) is -2.40. The topological polar surface area (TPSA) is 59.8 Å². The Labute approximate surface area is 176 Å². The number of anilines is 1. The van der Waals surface area contributed by atoms with Gasteiger partial charge in [-0.3, -0.25) is 14.5 Å². The number of rotatable bonds is 4. The van der Waals surface area contributed by atoms with Crippen LogP contribution in [0.2, 0.25) is 0 Å². The molecule has 1 amide bonds. The summed E-state index contributed by atoms with van der Waals surface area (Å²) in [4.78, 5) is 17.2. The number of nitrogens with one attached hydrogen (secondary N) is 1. The molecule has 0 aliphatic rings. The van der Waals surface area contributed by atoms with Crippen LogP contribution in [0.4, 0.5) is 14.5 Å². The molecule has 0 saturated carbocycles. The monoisotopic (exact) mass is 414 g/mol. The van der Waals surface area contributed by atoms with Crippen molar-refractivity contribution < 1.29 is 13.6 Å². The van der Waals surface area contributed by atoms with Crippen molar-refractivity contribution in [2.24, 2.45) is 0 Å². The van der Waals surface area contributed by atoms with Crippen LogP contribution >= 0.6 is 0 Å². The maximum Gasteiger partial charge on any atom is 0.246 e. The first kappa shape index (κ1) is 18.9. The van der Waals surface area contributed by atoms with Crippen molar-refractivity contribution in [1.82, 2.24) is 14.8 Å². The number of para-hydroxylation sites is 1. The average molecular weight is 414 g/mol. The highest BCUT2D eigenvalue weighted by molar-refractivity contribution is 6.08. The van der Waals surface area contributed by atoms with E-state index in [1.807, 2.05) is 54.6 Å². The SMILES string of the molecule is O=C(Cn1nc(-c2ccccc2)c2cnc3ccccc3c21)Nc1ccc(F)c(F)c1. The van der Waals surface area contributed by atoms with Gasteiger partial charge in [-0.05, 0) is 18.2 Å². The van der Waals surface area contributed by atoms with Crippen LogP contribution in [0.5, 0.6) is 0 Å². The van der Waals surface area contributed by atoms with Crippen LogP contribution in [-0.4, -0.2) is 20.7 Å². The number of hydrogen-bond donors (Lipinski definition) is 1. The third-order valence-corrected chi connectivity index (χ3v) is 5.02. The standard InChI is InChI=1S/C24H16F2N4O/c25-19-11-10-16(12-20(19)26)28-22(31)14-30-24-17-8-4-5-9-21(17)27-13-18(24)23(29-30)15-6-2-1-3-7-15/h1-13H,14H2,(H,28,31). The Morgan fingerprint density at radius 2 is 1.68 bits per heavy atom. The second kappa shape index (κ2) is 7.60. The number of nitrogens with zero attached hydrogens (tertiary/aromatic N) is 3. The van der Waals surface area contributed by atoms with Gasteiger partial charge in [-0.25, -0.2) is 8.78 Å². The number of fused-ring (bicyclic) bond motifs is 3. The molecule has 0 aliphatic heterocycles. The lowest BCUT2D eigenvalue weighted by atomic mass is 10.1. The zero-order valence-corrected chi connectivity index (χ0v) is 16.2. The van der Waals surface area contributed by atoms with Crippen molar-refractivity contribution in [3.63, 3.8) is 0 Å². The smallest absolute Gasteiger partial charge is 0.246 e. The molecule has 7 heteroatoms. The molecule has 1 N–H and O–H groups in total. The highest BCUT2D eigenvalue weighted by atomic mass is 19.2. The number of benzene rings is 3. The van der Waals surface area contributed by atoms with Gasteiger partial charge in [0.15, 0.2) is 11.6 Å². The van der Waals surface area contributed by atoms with Gasteiger partial charge in [0.2, 0.25) is 5.91 Å². The molecule has 3 aromatic carbocycles. The normalized spacial score (nSPS) is 11.2. The van der Waals surface area contributed by atoms with Crippen LogP contribution in [0.1, 0.15) is 0 Å². The molecule has 5 nitrogen and oxygen atoms in total. The molecule has 5 rings (SSSR count). The van der Waals surface area contributed by atoms with E-state index in [0.717, 1.165) is 45.2 Å². The number of carbonyl (C=O) groups excluding carboxylic acids is 1. The highest BCUT2D eigenvalue weighted by Crippen LogP contribution is 2.31. The molecule has 31 heavy (non-hydrogen) atoms. The Morgan fingerprint density at radius 1 is 0.903 bits per heavy atom. The van der Waals surface area contributed by atoms with E-state index in [2.05, 4.69) is 10.3 Å². The van der Waals surface area contributed by atoms with Crippen LogP contribution in [0, 0.1) is 11.6 Å². The average Bonchev–Trinajstić information content (AvgIpc) is 3.15. The summed E-state index contributed by atoms with van der Waals surface area (Å²) in [5.41, 5.74) is 3.37. The van der Waals surface area contributed by atoms with Crippen molar-refractivity contribution in [3.05, 3.63) is 90.6 Å². The van der Waals surface area contributed by atoms with Crippen molar-refractivity contribution in [2.75, 3.05) is 5.32 Å². The van der Waals surface area contributed by atoms with Gasteiger partial charge in [0.1, 0.15) is 12.2 Å². The van der Waals surface area contributed by atoms with E-state index < -0.39 is 17.5 Å². The second-order valence-electron chi connectivity index (χ2n) is 7.09. The van der Waals surface area contributed by atoms with E-state index in [1.165, 1.54) is 6.07 Å². The fourth-order valence-corrected chi connectivity index (χ4v) is 3.64. The first-order chi connectivity index (χ1) is 15.1. The lowest BCUT2D eigenvalue weighted by Gasteiger charge is -2.08. The minimum absolute atomic E-state index is 0.101. The van der Waals surface area contributed by atoms with Gasteiger partial charge in [-0.15, -0.1) is 0 Å². The predicted octanol–water partition coefficient (Wildman–Crippen LogP) is 5.17. The Kier molecular flexibility index (Phi) is 4.63. The molecule has 0 aliphatic carbocycles. The van der Waals surface area contributed by atoms with Crippen molar-refractivity contribution in [3.8, 4) is 11.3 Å². The van der Waals surface area contributed by atoms with E-state index in [-0.39, 0.29) is 12.2 Å². The Morgan fingerprint density at radius 3 is 2.48 bits per heavy atom. The van der Waals surface area contributed by atoms with E-state index in [1.54, 1.807) is 10.9 Å². The molecule has 0 fully saturated rings. The van der Waals surface area contributed by atoms with E-state index in [4.69, 9.17) is 5.10 Å². The van der Waals surface area contributed by atoms with Crippen molar-refractivity contribution in [2.45, 2.75) is 6.54 Å². The number of halogens is 2. The van der Waals surface area contributed by atoms with E-state index in [9.17, 15) is 13.6 Å². The molecular weight excluding hydrogens is 398 g/mol. The van der Waals surface area contributed by atoms with E-state index >= 15 is 0 Å². The molecular formula is C24H16F2N4O. The van der Waals surface area contributed by atoms with Gasteiger partial charge in [-0.2, -0.15) is 5.10 Å². The van der Waals surface area contributed by atoms with Crippen LogP contribution in [0.15, 0.2) is 79.0 Å². The number of hydrogen-bond acceptors (Lipinski definition) is 3. The fraction of sp³-hybridized carbons (Fsp3) is 0.0417. The van der Waals surface area contributed by atoms with Gasteiger partial charge >= 0.3 is 0 Å². The molecule has 0 radical (unpaired) electrons. The summed E-state index contributed by atoms with van der Waals surface area (Å²) in [6, 6.07) is 20.5. The Balaban J connectivity index is 1.59. The van der Waals surface area contributed by atoms with Crippen LogP contribution in [0.25, 0.3) is 33.1 Å². The third-order valence-electron chi connectivity index (χ3n) is 5.02. The zero-order chi connectivity index (χ0) is 21.4. The Bertz CT molecular complexity index is 1430. The first-order valence-corrected chi connectivity index (χ1v) is 9.65. The lowest BCUT2D eigenvalue weighted by molar-refractivity contribution is -0.116.